The van der Waals surface area contributed by atoms with Crippen LogP contribution in [0.4, 0.5) is 0 Å². The molecule has 1 aromatic heterocycles. The Bertz CT molecular complexity index is 716. The number of ether oxygens (including phenoxy) is 1. The first-order valence-corrected chi connectivity index (χ1v) is 8.66. The van der Waals surface area contributed by atoms with Crippen LogP contribution in [-0.2, 0) is 4.79 Å². The smallest absolute Gasteiger partial charge is 0.249 e. The van der Waals surface area contributed by atoms with E-state index in [9.17, 15) is 4.79 Å². The van der Waals surface area contributed by atoms with Gasteiger partial charge in [-0.1, -0.05) is 13.0 Å². The van der Waals surface area contributed by atoms with Gasteiger partial charge in [0.25, 0.3) is 0 Å². The van der Waals surface area contributed by atoms with Crippen LogP contribution in [0.15, 0.2) is 35.9 Å². The summed E-state index contributed by atoms with van der Waals surface area (Å²) in [6.07, 6.45) is 4.52. The number of nitrogens with one attached hydrogen (secondary N) is 1. The van der Waals surface area contributed by atoms with Gasteiger partial charge in [-0.2, -0.15) is 5.21 Å². The lowest BCUT2D eigenvalue weighted by atomic mass is 10.1. The third-order valence-electron chi connectivity index (χ3n) is 4.49. The molecule has 0 aliphatic carbocycles. The van der Waals surface area contributed by atoms with Crippen LogP contribution >= 0.6 is 0 Å². The van der Waals surface area contributed by atoms with E-state index in [4.69, 9.17) is 4.74 Å². The molecule has 25 heavy (non-hydrogen) atoms. The van der Waals surface area contributed by atoms with Crippen LogP contribution in [0, 0.1) is 0 Å². The first-order chi connectivity index (χ1) is 12.2. The van der Waals surface area contributed by atoms with E-state index in [-0.39, 0.29) is 12.0 Å². The van der Waals surface area contributed by atoms with E-state index in [1.807, 2.05) is 49.1 Å². The van der Waals surface area contributed by atoms with Crippen molar-refractivity contribution < 1.29 is 9.53 Å². The maximum Gasteiger partial charge on any atom is 0.249 e. The quantitative estimate of drug-likeness (QED) is 0.845. The lowest BCUT2D eigenvalue weighted by Crippen LogP contribution is -2.42. The SMILES string of the molecule is C/C=C(\CC)C(=O)N1CCC(Oc2ccc(-c3nn[nH]n3)cc2)CC1. The Labute approximate surface area is 147 Å². The zero-order valence-corrected chi connectivity index (χ0v) is 14.6. The second-order valence-corrected chi connectivity index (χ2v) is 6.04. The zero-order chi connectivity index (χ0) is 17.6. The summed E-state index contributed by atoms with van der Waals surface area (Å²) in [6.45, 7) is 5.41. The predicted octanol–water partition coefficient (Wildman–Crippen LogP) is 2.59. The summed E-state index contributed by atoms with van der Waals surface area (Å²) in [4.78, 5) is 14.3. The van der Waals surface area contributed by atoms with Gasteiger partial charge < -0.3 is 9.64 Å². The molecule has 1 aliphatic rings. The number of likely N-dealkylation sites (tertiary alicyclic amines) is 1. The van der Waals surface area contributed by atoms with Crippen molar-refractivity contribution in [3.63, 3.8) is 0 Å². The Kier molecular flexibility index (Phi) is 5.42. The topological polar surface area (TPSA) is 84.0 Å². The fraction of sp³-hybridized carbons (Fsp3) is 0.444. The molecule has 1 fully saturated rings. The highest BCUT2D eigenvalue weighted by Gasteiger charge is 2.25. The van der Waals surface area contributed by atoms with Gasteiger partial charge in [-0.3, -0.25) is 4.79 Å². The van der Waals surface area contributed by atoms with Gasteiger partial charge in [-0.15, -0.1) is 10.2 Å². The number of piperidine rings is 1. The van der Waals surface area contributed by atoms with Gasteiger partial charge >= 0.3 is 0 Å². The van der Waals surface area contributed by atoms with Crippen molar-refractivity contribution in [2.75, 3.05) is 13.1 Å². The van der Waals surface area contributed by atoms with Crippen molar-refractivity contribution in [1.82, 2.24) is 25.5 Å². The minimum Gasteiger partial charge on any atom is -0.490 e. The molecule has 0 saturated carbocycles. The summed E-state index contributed by atoms with van der Waals surface area (Å²) in [5.74, 6) is 1.54. The van der Waals surface area contributed by atoms with Crippen LogP contribution in [-0.4, -0.2) is 50.6 Å². The standard InChI is InChI=1S/C18H23N5O2/c1-3-13(4-2)18(24)23-11-9-16(10-12-23)25-15-7-5-14(6-8-15)17-19-21-22-20-17/h3,5-8,16H,4,9-12H2,1-2H3,(H,19,20,21,22)/b13-3+. The number of amides is 1. The summed E-state index contributed by atoms with van der Waals surface area (Å²) < 4.78 is 6.05. The van der Waals surface area contributed by atoms with Gasteiger partial charge in [0.1, 0.15) is 11.9 Å². The molecule has 0 unspecified atom stereocenters. The number of allylic oxidation sites excluding steroid dienone is 1. The van der Waals surface area contributed by atoms with E-state index in [2.05, 4.69) is 20.6 Å². The molecule has 1 aliphatic heterocycles. The Hall–Kier alpha value is -2.70. The van der Waals surface area contributed by atoms with Gasteiger partial charge in [0.2, 0.25) is 11.7 Å². The van der Waals surface area contributed by atoms with Crippen LogP contribution in [0.1, 0.15) is 33.1 Å². The van der Waals surface area contributed by atoms with Crippen molar-refractivity contribution in [3.8, 4) is 17.1 Å². The van der Waals surface area contributed by atoms with Gasteiger partial charge in [-0.25, -0.2) is 0 Å². The number of aromatic amines is 1. The minimum absolute atomic E-state index is 0.135. The van der Waals surface area contributed by atoms with Crippen molar-refractivity contribution >= 4 is 5.91 Å². The highest BCUT2D eigenvalue weighted by atomic mass is 16.5. The van der Waals surface area contributed by atoms with Gasteiger partial charge in [0.15, 0.2) is 0 Å². The second kappa shape index (κ2) is 7.92. The number of tetrazole rings is 1. The predicted molar refractivity (Wildman–Crippen MR) is 93.9 cm³/mol. The molecule has 0 bridgehead atoms. The highest BCUT2D eigenvalue weighted by Crippen LogP contribution is 2.23. The minimum atomic E-state index is 0.135. The van der Waals surface area contributed by atoms with Crippen LogP contribution < -0.4 is 4.74 Å². The van der Waals surface area contributed by atoms with E-state index in [0.29, 0.717) is 5.82 Å². The van der Waals surface area contributed by atoms with Crippen LogP contribution in [0.5, 0.6) is 5.75 Å². The molecular weight excluding hydrogens is 318 g/mol. The largest absolute Gasteiger partial charge is 0.490 e. The summed E-state index contributed by atoms with van der Waals surface area (Å²) >= 11 is 0. The van der Waals surface area contributed by atoms with Gasteiger partial charge in [-0.05, 0) is 42.8 Å². The van der Waals surface area contributed by atoms with E-state index in [0.717, 1.165) is 49.2 Å². The average Bonchev–Trinajstić information content (AvgIpc) is 3.18. The fourth-order valence-corrected chi connectivity index (χ4v) is 3.02. The third kappa shape index (κ3) is 4.04. The summed E-state index contributed by atoms with van der Waals surface area (Å²) in [5, 5.41) is 13.9. The fourth-order valence-electron chi connectivity index (χ4n) is 3.02. The molecule has 0 radical (unpaired) electrons. The normalized spacial score (nSPS) is 16.1. The molecule has 0 spiro atoms. The molecule has 3 rings (SSSR count). The monoisotopic (exact) mass is 341 g/mol. The molecule has 1 saturated heterocycles. The molecule has 7 nitrogen and oxygen atoms in total. The van der Waals surface area contributed by atoms with E-state index in [1.165, 1.54) is 0 Å². The van der Waals surface area contributed by atoms with Crippen molar-refractivity contribution in [1.29, 1.82) is 0 Å². The molecule has 1 aromatic carbocycles. The molecular formula is C18H23N5O2. The number of hydrogen-bond donors (Lipinski definition) is 1. The molecule has 1 N–H and O–H groups in total. The van der Waals surface area contributed by atoms with Crippen molar-refractivity contribution in [2.24, 2.45) is 0 Å². The Balaban J connectivity index is 1.53. The Morgan fingerprint density at radius 3 is 2.60 bits per heavy atom. The van der Waals surface area contributed by atoms with Gasteiger partial charge in [0.05, 0.1) is 0 Å². The first kappa shape index (κ1) is 17.1. The number of nitrogens with zero attached hydrogens (tertiary/aromatic N) is 4. The number of benzene rings is 1. The molecule has 2 heterocycles. The molecule has 0 atom stereocenters. The lowest BCUT2D eigenvalue weighted by Gasteiger charge is -2.32. The Morgan fingerprint density at radius 2 is 2.04 bits per heavy atom. The number of rotatable bonds is 5. The number of aromatic nitrogens is 4. The van der Waals surface area contributed by atoms with E-state index in [1.54, 1.807) is 0 Å². The maximum absolute atomic E-state index is 12.4. The van der Waals surface area contributed by atoms with Crippen molar-refractivity contribution in [3.05, 3.63) is 35.9 Å². The van der Waals surface area contributed by atoms with Crippen LogP contribution in [0.2, 0.25) is 0 Å². The lowest BCUT2D eigenvalue weighted by molar-refractivity contribution is -0.129. The highest BCUT2D eigenvalue weighted by molar-refractivity contribution is 5.93. The molecule has 1 amide bonds. The molecule has 7 heteroatoms. The van der Waals surface area contributed by atoms with E-state index >= 15 is 0 Å². The Morgan fingerprint density at radius 1 is 1.32 bits per heavy atom. The summed E-state index contributed by atoms with van der Waals surface area (Å²) in [7, 11) is 0. The van der Waals surface area contributed by atoms with Crippen LogP contribution in [0.25, 0.3) is 11.4 Å². The van der Waals surface area contributed by atoms with E-state index < -0.39 is 0 Å². The first-order valence-electron chi connectivity index (χ1n) is 8.66. The number of H-pyrrole nitrogens is 1. The maximum atomic E-state index is 12.4. The van der Waals surface area contributed by atoms with Crippen LogP contribution in [0.3, 0.4) is 0 Å². The summed E-state index contributed by atoms with van der Waals surface area (Å²) in [6, 6.07) is 7.66. The molecule has 132 valence electrons. The second-order valence-electron chi connectivity index (χ2n) is 6.04. The third-order valence-corrected chi connectivity index (χ3v) is 4.49. The van der Waals surface area contributed by atoms with Crippen molar-refractivity contribution in [2.45, 2.75) is 39.2 Å². The molecule has 2 aromatic rings. The number of carbonyl (C=O) groups excluding carboxylic acids is 1. The van der Waals surface area contributed by atoms with Gasteiger partial charge in [0, 0.05) is 37.1 Å². The number of hydrogen-bond acceptors (Lipinski definition) is 5. The average molecular weight is 341 g/mol. The summed E-state index contributed by atoms with van der Waals surface area (Å²) in [5.41, 5.74) is 1.77. The number of carbonyl (C=O) groups is 1. The zero-order valence-electron chi connectivity index (χ0n) is 14.6.